The summed E-state index contributed by atoms with van der Waals surface area (Å²) in [7, 11) is 4.39. The third kappa shape index (κ3) is 4.04. The molecule has 5 nitrogen and oxygen atoms in total. The molecule has 0 aliphatic rings. The first-order valence-corrected chi connectivity index (χ1v) is 8.33. The highest BCUT2D eigenvalue weighted by Gasteiger charge is 2.38. The maximum Gasteiger partial charge on any atom is 0.138 e. The van der Waals surface area contributed by atoms with E-state index >= 15 is 0 Å². The molecule has 0 saturated carbocycles. The van der Waals surface area contributed by atoms with Gasteiger partial charge in [0.2, 0.25) is 0 Å². The maximum absolute atomic E-state index is 4.47. The van der Waals surface area contributed by atoms with Gasteiger partial charge < -0.3 is 10.2 Å². The van der Waals surface area contributed by atoms with Gasteiger partial charge in [-0.1, -0.05) is 20.8 Å². The quantitative estimate of drug-likeness (QED) is 0.719. The van der Waals surface area contributed by atoms with E-state index in [1.165, 1.54) is 0 Å². The maximum atomic E-state index is 4.47. The number of aromatic nitrogens is 3. The second-order valence-electron chi connectivity index (χ2n) is 5.91. The van der Waals surface area contributed by atoms with Gasteiger partial charge in [0.1, 0.15) is 12.2 Å². The van der Waals surface area contributed by atoms with Gasteiger partial charge in [-0.25, -0.2) is 4.98 Å². The van der Waals surface area contributed by atoms with Crippen LogP contribution in [0.15, 0.2) is 6.33 Å². The van der Waals surface area contributed by atoms with E-state index in [0.717, 1.165) is 44.6 Å². The third-order valence-electron chi connectivity index (χ3n) is 4.79. The van der Waals surface area contributed by atoms with E-state index in [9.17, 15) is 0 Å². The fraction of sp³-hybridized carbons (Fsp3) is 0.875. The Morgan fingerprint density at radius 2 is 1.90 bits per heavy atom. The molecular weight excluding hydrogens is 262 g/mol. The van der Waals surface area contributed by atoms with Gasteiger partial charge in [0.05, 0.1) is 0 Å². The van der Waals surface area contributed by atoms with Gasteiger partial charge in [-0.15, -0.1) is 0 Å². The van der Waals surface area contributed by atoms with Gasteiger partial charge in [-0.05, 0) is 46.8 Å². The SMILES string of the molecule is CCCNC(Cc1ncnn1CC)C(CC)(CC)N(C)C. The first kappa shape index (κ1) is 18.1. The molecule has 0 radical (unpaired) electrons. The van der Waals surface area contributed by atoms with E-state index in [2.05, 4.69) is 62.1 Å². The minimum atomic E-state index is 0.152. The van der Waals surface area contributed by atoms with Crippen LogP contribution in [-0.2, 0) is 13.0 Å². The van der Waals surface area contributed by atoms with E-state index in [-0.39, 0.29) is 5.54 Å². The van der Waals surface area contributed by atoms with Crippen molar-refractivity contribution in [3.8, 4) is 0 Å². The zero-order valence-electron chi connectivity index (χ0n) is 14.7. The molecule has 1 unspecified atom stereocenters. The summed E-state index contributed by atoms with van der Waals surface area (Å²) in [6.45, 7) is 10.8. The van der Waals surface area contributed by atoms with Crippen LogP contribution in [0.4, 0.5) is 0 Å². The lowest BCUT2D eigenvalue weighted by atomic mass is 9.81. The predicted molar refractivity (Wildman–Crippen MR) is 88.5 cm³/mol. The van der Waals surface area contributed by atoms with E-state index in [0.29, 0.717) is 6.04 Å². The fourth-order valence-corrected chi connectivity index (χ4v) is 3.35. The Labute approximate surface area is 130 Å². The van der Waals surface area contributed by atoms with Crippen molar-refractivity contribution < 1.29 is 0 Å². The molecule has 122 valence electrons. The molecule has 0 amide bonds. The smallest absolute Gasteiger partial charge is 0.138 e. The van der Waals surface area contributed by atoms with Crippen molar-refractivity contribution >= 4 is 0 Å². The van der Waals surface area contributed by atoms with Crippen molar-refractivity contribution in [2.45, 2.75) is 71.5 Å². The van der Waals surface area contributed by atoms with Crippen molar-refractivity contribution in [2.24, 2.45) is 0 Å². The van der Waals surface area contributed by atoms with Crippen molar-refractivity contribution in [1.82, 2.24) is 25.0 Å². The molecule has 1 aromatic rings. The Morgan fingerprint density at radius 1 is 1.24 bits per heavy atom. The third-order valence-corrected chi connectivity index (χ3v) is 4.79. The van der Waals surface area contributed by atoms with Gasteiger partial charge in [0.15, 0.2) is 0 Å². The fourth-order valence-electron chi connectivity index (χ4n) is 3.35. The van der Waals surface area contributed by atoms with E-state index in [4.69, 9.17) is 0 Å². The van der Waals surface area contributed by atoms with Crippen LogP contribution in [0.2, 0.25) is 0 Å². The lowest BCUT2D eigenvalue weighted by Gasteiger charge is -2.45. The van der Waals surface area contributed by atoms with Crippen LogP contribution in [0.25, 0.3) is 0 Å². The molecule has 1 atom stereocenters. The van der Waals surface area contributed by atoms with Crippen LogP contribution >= 0.6 is 0 Å². The molecule has 0 aliphatic carbocycles. The molecule has 1 aromatic heterocycles. The van der Waals surface area contributed by atoms with Crippen LogP contribution in [0.1, 0.15) is 52.8 Å². The second-order valence-corrected chi connectivity index (χ2v) is 5.91. The highest BCUT2D eigenvalue weighted by Crippen LogP contribution is 2.27. The van der Waals surface area contributed by atoms with Crippen LogP contribution in [0.5, 0.6) is 0 Å². The standard InChI is InChI=1S/C16H33N5/c1-7-11-17-14(16(8-2,9-3)20(5)6)12-15-18-13-19-21(15)10-4/h13-14,17H,7-12H2,1-6H3. The number of nitrogens with zero attached hydrogens (tertiary/aromatic N) is 4. The van der Waals surface area contributed by atoms with Gasteiger partial charge in [-0.3, -0.25) is 4.68 Å². The number of nitrogens with one attached hydrogen (secondary N) is 1. The summed E-state index contributed by atoms with van der Waals surface area (Å²) in [5.74, 6) is 1.08. The first-order valence-electron chi connectivity index (χ1n) is 8.33. The number of hydrogen-bond acceptors (Lipinski definition) is 4. The lowest BCUT2D eigenvalue weighted by molar-refractivity contribution is 0.0867. The average molecular weight is 295 g/mol. The van der Waals surface area contributed by atoms with Crippen LogP contribution in [0.3, 0.4) is 0 Å². The highest BCUT2D eigenvalue weighted by molar-refractivity contribution is 5.02. The van der Waals surface area contributed by atoms with Crippen molar-refractivity contribution in [1.29, 1.82) is 0 Å². The summed E-state index contributed by atoms with van der Waals surface area (Å²) >= 11 is 0. The second kappa shape index (κ2) is 8.49. The zero-order valence-corrected chi connectivity index (χ0v) is 14.7. The Balaban J connectivity index is 3.03. The molecule has 21 heavy (non-hydrogen) atoms. The molecule has 5 heteroatoms. The van der Waals surface area contributed by atoms with E-state index in [1.54, 1.807) is 6.33 Å². The summed E-state index contributed by atoms with van der Waals surface area (Å²) < 4.78 is 2.01. The van der Waals surface area contributed by atoms with Crippen LogP contribution in [0, 0.1) is 0 Å². The predicted octanol–water partition coefficient (Wildman–Crippen LogP) is 2.33. The van der Waals surface area contributed by atoms with Gasteiger partial charge >= 0.3 is 0 Å². The normalized spacial score (nSPS) is 13.9. The summed E-state index contributed by atoms with van der Waals surface area (Å²) in [6, 6.07) is 0.386. The number of aryl methyl sites for hydroxylation is 1. The molecule has 0 fully saturated rings. The molecular formula is C16H33N5. The lowest BCUT2D eigenvalue weighted by Crippen LogP contribution is -2.59. The van der Waals surface area contributed by atoms with Gasteiger partial charge in [0.25, 0.3) is 0 Å². The molecule has 1 N–H and O–H groups in total. The molecule has 0 aromatic carbocycles. The summed E-state index contributed by atoms with van der Waals surface area (Å²) in [4.78, 5) is 6.85. The largest absolute Gasteiger partial charge is 0.312 e. The highest BCUT2D eigenvalue weighted by atomic mass is 15.3. The molecule has 1 heterocycles. The molecule has 0 spiro atoms. The number of likely N-dealkylation sites (N-methyl/N-ethyl adjacent to an activating group) is 1. The van der Waals surface area contributed by atoms with Crippen molar-refractivity contribution in [3.63, 3.8) is 0 Å². The van der Waals surface area contributed by atoms with E-state index < -0.39 is 0 Å². The molecule has 1 rings (SSSR count). The van der Waals surface area contributed by atoms with Crippen molar-refractivity contribution in [2.75, 3.05) is 20.6 Å². The van der Waals surface area contributed by atoms with Crippen molar-refractivity contribution in [3.05, 3.63) is 12.2 Å². The number of hydrogen-bond donors (Lipinski definition) is 1. The summed E-state index contributed by atoms with van der Waals surface area (Å²) in [5.41, 5.74) is 0.152. The topological polar surface area (TPSA) is 46.0 Å². The Bertz CT molecular complexity index is 395. The molecule has 0 bridgehead atoms. The Hall–Kier alpha value is -0.940. The monoisotopic (exact) mass is 295 g/mol. The zero-order chi connectivity index (χ0) is 15.9. The summed E-state index contributed by atoms with van der Waals surface area (Å²) in [5, 5.41) is 8.07. The van der Waals surface area contributed by atoms with Gasteiger partial charge in [0, 0.05) is 24.5 Å². The summed E-state index contributed by atoms with van der Waals surface area (Å²) in [6.07, 6.45) is 5.99. The van der Waals surface area contributed by atoms with E-state index in [1.807, 2.05) is 4.68 Å². The van der Waals surface area contributed by atoms with Crippen LogP contribution < -0.4 is 5.32 Å². The Morgan fingerprint density at radius 3 is 2.38 bits per heavy atom. The average Bonchev–Trinajstić information content (AvgIpc) is 2.93. The minimum absolute atomic E-state index is 0.152. The molecule has 0 saturated heterocycles. The molecule has 0 aliphatic heterocycles. The van der Waals surface area contributed by atoms with Crippen LogP contribution in [-0.4, -0.2) is 51.9 Å². The Kier molecular flexibility index (Phi) is 7.32. The number of rotatable bonds is 10. The van der Waals surface area contributed by atoms with Gasteiger partial charge in [-0.2, -0.15) is 5.10 Å². The minimum Gasteiger partial charge on any atom is -0.312 e. The first-order chi connectivity index (χ1) is 10.1.